The summed E-state index contributed by atoms with van der Waals surface area (Å²) in [6.07, 6.45) is 0. The van der Waals surface area contributed by atoms with Gasteiger partial charge in [0.25, 0.3) is 0 Å². The number of nitrogens with zero attached hydrogens (tertiary/aromatic N) is 1. The monoisotopic (exact) mass is 243 g/mol. The molecular formula is C11H11ClFNO2. The van der Waals surface area contributed by atoms with Crippen LogP contribution in [0.1, 0.15) is 5.56 Å². The lowest BCUT2D eigenvalue weighted by atomic mass is 10.2. The zero-order chi connectivity index (χ0) is 11.5. The molecule has 86 valence electrons. The number of carbonyl (C=O) groups is 1. The molecule has 0 spiro atoms. The average molecular weight is 244 g/mol. The second-order valence-electron chi connectivity index (χ2n) is 3.55. The van der Waals surface area contributed by atoms with Crippen LogP contribution in [0.5, 0.6) is 5.75 Å². The Balaban J connectivity index is 2.25. The van der Waals surface area contributed by atoms with Crippen LogP contribution in [0.25, 0.3) is 0 Å². The minimum Gasteiger partial charge on any atom is -0.491 e. The van der Waals surface area contributed by atoms with Gasteiger partial charge in [-0.05, 0) is 18.2 Å². The summed E-state index contributed by atoms with van der Waals surface area (Å²) in [5.74, 6) is 0.0705. The molecule has 1 aromatic carbocycles. The first-order chi connectivity index (χ1) is 7.70. The van der Waals surface area contributed by atoms with Crippen molar-refractivity contribution in [2.24, 2.45) is 0 Å². The molecule has 1 aromatic rings. The Hall–Kier alpha value is -1.29. The first-order valence-corrected chi connectivity index (χ1v) is 5.49. The van der Waals surface area contributed by atoms with E-state index in [9.17, 15) is 9.18 Å². The molecule has 0 radical (unpaired) electrons. The summed E-state index contributed by atoms with van der Waals surface area (Å²) in [5, 5.41) is 0. The lowest BCUT2D eigenvalue weighted by Gasteiger charge is -2.18. The van der Waals surface area contributed by atoms with Gasteiger partial charge in [-0.1, -0.05) is 0 Å². The lowest BCUT2D eigenvalue weighted by Crippen LogP contribution is -2.33. The molecule has 0 saturated heterocycles. The van der Waals surface area contributed by atoms with Gasteiger partial charge in [-0.3, -0.25) is 4.79 Å². The molecule has 0 aliphatic carbocycles. The maximum Gasteiger partial charge on any atom is 0.237 e. The number of fused-ring (bicyclic) bond motifs is 1. The summed E-state index contributed by atoms with van der Waals surface area (Å²) in [6, 6.07) is 4.31. The first kappa shape index (κ1) is 11.2. The fourth-order valence-corrected chi connectivity index (χ4v) is 1.83. The first-order valence-electron chi connectivity index (χ1n) is 4.95. The van der Waals surface area contributed by atoms with Crippen molar-refractivity contribution in [1.29, 1.82) is 0 Å². The van der Waals surface area contributed by atoms with Crippen LogP contribution < -0.4 is 4.74 Å². The number of alkyl halides is 1. The van der Waals surface area contributed by atoms with Crippen molar-refractivity contribution < 1.29 is 13.9 Å². The number of benzene rings is 1. The van der Waals surface area contributed by atoms with Gasteiger partial charge in [0, 0.05) is 12.1 Å². The largest absolute Gasteiger partial charge is 0.491 e. The predicted molar refractivity (Wildman–Crippen MR) is 58.0 cm³/mol. The summed E-state index contributed by atoms with van der Waals surface area (Å²) >= 11 is 5.49. The fraction of sp³-hybridized carbons (Fsp3) is 0.364. The molecule has 16 heavy (non-hydrogen) atoms. The Morgan fingerprint density at radius 1 is 1.56 bits per heavy atom. The molecule has 1 heterocycles. The van der Waals surface area contributed by atoms with E-state index in [0.717, 1.165) is 0 Å². The van der Waals surface area contributed by atoms with E-state index in [2.05, 4.69) is 0 Å². The minimum atomic E-state index is -0.331. The van der Waals surface area contributed by atoms with E-state index >= 15 is 0 Å². The second kappa shape index (κ2) is 4.70. The molecule has 0 saturated carbocycles. The highest BCUT2D eigenvalue weighted by molar-refractivity contribution is 6.27. The SMILES string of the molecule is O=C(CCl)N1CCOc2ccc(F)cc2C1. The van der Waals surface area contributed by atoms with Crippen LogP contribution in [0, 0.1) is 5.82 Å². The average Bonchev–Trinajstić information content (AvgIpc) is 2.49. The predicted octanol–water partition coefficient (Wildman–Crippen LogP) is 1.79. The maximum absolute atomic E-state index is 13.1. The van der Waals surface area contributed by atoms with Crippen LogP contribution in [0.3, 0.4) is 0 Å². The molecule has 1 aliphatic heterocycles. The van der Waals surface area contributed by atoms with Gasteiger partial charge in [0.15, 0.2) is 0 Å². The molecule has 0 aromatic heterocycles. The van der Waals surface area contributed by atoms with Gasteiger partial charge >= 0.3 is 0 Å². The molecule has 0 bridgehead atoms. The molecule has 0 N–H and O–H groups in total. The van der Waals surface area contributed by atoms with Crippen LogP contribution in [-0.2, 0) is 11.3 Å². The van der Waals surface area contributed by atoms with Crippen molar-refractivity contribution in [2.45, 2.75) is 6.54 Å². The molecule has 1 amide bonds. The highest BCUT2D eigenvalue weighted by Crippen LogP contribution is 2.23. The molecule has 0 fully saturated rings. The van der Waals surface area contributed by atoms with E-state index in [1.54, 1.807) is 11.0 Å². The standard InChI is InChI=1S/C11H11ClFNO2/c12-6-11(15)14-3-4-16-10-2-1-9(13)5-8(10)7-14/h1-2,5H,3-4,6-7H2. The summed E-state index contributed by atoms with van der Waals surface area (Å²) in [6.45, 7) is 1.22. The zero-order valence-electron chi connectivity index (χ0n) is 8.58. The van der Waals surface area contributed by atoms with Crippen molar-refractivity contribution in [3.63, 3.8) is 0 Å². The van der Waals surface area contributed by atoms with Gasteiger partial charge in [-0.15, -0.1) is 11.6 Å². The summed E-state index contributed by atoms with van der Waals surface area (Å²) in [7, 11) is 0. The van der Waals surface area contributed by atoms with Crippen LogP contribution in [0.2, 0.25) is 0 Å². The highest BCUT2D eigenvalue weighted by Gasteiger charge is 2.19. The number of halogens is 2. The molecule has 3 nitrogen and oxygen atoms in total. The second-order valence-corrected chi connectivity index (χ2v) is 3.82. The number of carbonyl (C=O) groups excluding carboxylic acids is 1. The van der Waals surface area contributed by atoms with Gasteiger partial charge in [-0.25, -0.2) is 4.39 Å². The summed E-state index contributed by atoms with van der Waals surface area (Å²) in [4.78, 5) is 13.0. The summed E-state index contributed by atoms with van der Waals surface area (Å²) in [5.41, 5.74) is 0.677. The number of amides is 1. The van der Waals surface area contributed by atoms with Gasteiger partial charge in [0.2, 0.25) is 5.91 Å². The van der Waals surface area contributed by atoms with Crippen molar-refractivity contribution in [2.75, 3.05) is 19.0 Å². The molecule has 0 unspecified atom stereocenters. The summed E-state index contributed by atoms with van der Waals surface area (Å²) < 4.78 is 18.5. The fourth-order valence-electron chi connectivity index (χ4n) is 1.66. The third kappa shape index (κ3) is 2.27. The van der Waals surface area contributed by atoms with Gasteiger partial charge in [0.05, 0.1) is 6.54 Å². The molecule has 1 aliphatic rings. The normalized spacial score (nSPS) is 15.0. The van der Waals surface area contributed by atoms with Gasteiger partial charge < -0.3 is 9.64 Å². The Bertz CT molecular complexity index is 411. The van der Waals surface area contributed by atoms with Crippen LogP contribution in [-0.4, -0.2) is 29.8 Å². The third-order valence-corrected chi connectivity index (χ3v) is 2.70. The van der Waals surface area contributed by atoms with E-state index in [1.807, 2.05) is 0 Å². The van der Waals surface area contributed by atoms with E-state index in [-0.39, 0.29) is 17.6 Å². The Kier molecular flexibility index (Phi) is 3.29. The molecular weight excluding hydrogens is 233 g/mol. The molecule has 0 atom stereocenters. The number of hydrogen-bond acceptors (Lipinski definition) is 2. The van der Waals surface area contributed by atoms with E-state index in [4.69, 9.17) is 16.3 Å². The topological polar surface area (TPSA) is 29.5 Å². The van der Waals surface area contributed by atoms with E-state index in [1.165, 1.54) is 12.1 Å². The highest BCUT2D eigenvalue weighted by atomic mass is 35.5. The van der Waals surface area contributed by atoms with Crippen molar-refractivity contribution in [3.8, 4) is 5.75 Å². The Morgan fingerprint density at radius 3 is 3.12 bits per heavy atom. The Morgan fingerprint density at radius 2 is 2.38 bits per heavy atom. The smallest absolute Gasteiger partial charge is 0.237 e. The van der Waals surface area contributed by atoms with Crippen molar-refractivity contribution >= 4 is 17.5 Å². The van der Waals surface area contributed by atoms with Crippen molar-refractivity contribution in [3.05, 3.63) is 29.6 Å². The minimum absolute atomic E-state index is 0.0648. The van der Waals surface area contributed by atoms with E-state index < -0.39 is 0 Å². The number of hydrogen-bond donors (Lipinski definition) is 0. The number of rotatable bonds is 1. The zero-order valence-corrected chi connectivity index (χ0v) is 9.34. The lowest BCUT2D eigenvalue weighted by molar-refractivity contribution is -0.129. The van der Waals surface area contributed by atoms with Gasteiger partial charge in [0.1, 0.15) is 24.1 Å². The van der Waals surface area contributed by atoms with Crippen molar-refractivity contribution in [1.82, 2.24) is 4.90 Å². The van der Waals surface area contributed by atoms with Crippen LogP contribution >= 0.6 is 11.6 Å². The molecule has 5 heteroatoms. The van der Waals surface area contributed by atoms with Gasteiger partial charge in [-0.2, -0.15) is 0 Å². The Labute approximate surface area is 97.8 Å². The van der Waals surface area contributed by atoms with E-state index in [0.29, 0.717) is 31.0 Å². The number of ether oxygens (including phenoxy) is 1. The van der Waals surface area contributed by atoms with Crippen LogP contribution in [0.4, 0.5) is 4.39 Å². The maximum atomic E-state index is 13.1. The van der Waals surface area contributed by atoms with Crippen LogP contribution in [0.15, 0.2) is 18.2 Å². The third-order valence-electron chi connectivity index (χ3n) is 2.47. The quantitative estimate of drug-likeness (QED) is 0.704. The molecule has 2 rings (SSSR count).